The molecule has 0 atom stereocenters. The average Bonchev–Trinajstić information content (AvgIpc) is 2.33. The van der Waals surface area contributed by atoms with Gasteiger partial charge in [-0.25, -0.2) is 4.39 Å². The van der Waals surface area contributed by atoms with Gasteiger partial charge in [-0.1, -0.05) is 11.6 Å². The lowest BCUT2D eigenvalue weighted by molar-refractivity contribution is -0.136. The van der Waals surface area contributed by atoms with E-state index in [0.717, 1.165) is 24.3 Å². The number of rotatable bonds is 2. The SMILES string of the molecule is Nc1ccc(Nc2ccc(F)cc2Cl)cc1C(F)(F)F. The topological polar surface area (TPSA) is 38.0 Å². The molecule has 0 spiro atoms. The fourth-order valence-electron chi connectivity index (χ4n) is 1.63. The normalized spacial score (nSPS) is 11.4. The number of halogens is 5. The Morgan fingerprint density at radius 1 is 1.05 bits per heavy atom. The minimum Gasteiger partial charge on any atom is -0.398 e. The molecule has 0 aliphatic carbocycles. The summed E-state index contributed by atoms with van der Waals surface area (Å²) in [6.07, 6.45) is -4.55. The van der Waals surface area contributed by atoms with E-state index >= 15 is 0 Å². The van der Waals surface area contributed by atoms with E-state index in [-0.39, 0.29) is 16.4 Å². The third kappa shape index (κ3) is 3.14. The van der Waals surface area contributed by atoms with Crippen LogP contribution in [0.5, 0.6) is 0 Å². The van der Waals surface area contributed by atoms with Crippen LogP contribution in [-0.2, 0) is 6.18 Å². The van der Waals surface area contributed by atoms with Crippen LogP contribution in [0.3, 0.4) is 0 Å². The van der Waals surface area contributed by atoms with Gasteiger partial charge in [-0.2, -0.15) is 13.2 Å². The molecule has 7 heteroatoms. The fourth-order valence-corrected chi connectivity index (χ4v) is 1.84. The average molecular weight is 305 g/mol. The summed E-state index contributed by atoms with van der Waals surface area (Å²) in [5.41, 5.74) is 4.43. The minimum absolute atomic E-state index is 0.0652. The molecule has 2 aromatic rings. The molecule has 0 amide bonds. The summed E-state index contributed by atoms with van der Waals surface area (Å²) < 4.78 is 51.0. The van der Waals surface area contributed by atoms with Gasteiger partial charge in [0.05, 0.1) is 16.3 Å². The lowest BCUT2D eigenvalue weighted by Crippen LogP contribution is -2.09. The van der Waals surface area contributed by atoms with Gasteiger partial charge >= 0.3 is 6.18 Å². The van der Waals surface area contributed by atoms with Crippen molar-refractivity contribution >= 4 is 28.7 Å². The zero-order chi connectivity index (χ0) is 14.9. The second-order valence-electron chi connectivity index (χ2n) is 4.05. The molecule has 0 bridgehead atoms. The number of nitrogens with one attached hydrogen (secondary N) is 1. The predicted molar refractivity (Wildman–Crippen MR) is 70.5 cm³/mol. The number of hydrogen-bond acceptors (Lipinski definition) is 2. The predicted octanol–water partition coefficient (Wildman–Crippen LogP) is 4.82. The van der Waals surface area contributed by atoms with Crippen molar-refractivity contribution in [2.45, 2.75) is 6.18 Å². The molecule has 20 heavy (non-hydrogen) atoms. The summed E-state index contributed by atoms with van der Waals surface area (Å²) in [7, 11) is 0. The van der Waals surface area contributed by atoms with Gasteiger partial charge in [0.1, 0.15) is 5.82 Å². The van der Waals surface area contributed by atoms with Crippen molar-refractivity contribution in [1.82, 2.24) is 0 Å². The largest absolute Gasteiger partial charge is 0.418 e. The quantitative estimate of drug-likeness (QED) is 0.616. The van der Waals surface area contributed by atoms with E-state index in [2.05, 4.69) is 5.32 Å². The Kier molecular flexibility index (Phi) is 3.76. The first kappa shape index (κ1) is 14.5. The van der Waals surface area contributed by atoms with E-state index in [1.807, 2.05) is 0 Å². The lowest BCUT2D eigenvalue weighted by Gasteiger charge is -2.13. The van der Waals surface area contributed by atoms with Crippen LogP contribution >= 0.6 is 11.6 Å². The van der Waals surface area contributed by atoms with Gasteiger partial charge in [0.25, 0.3) is 0 Å². The Bertz CT molecular complexity index is 641. The second kappa shape index (κ2) is 5.20. The van der Waals surface area contributed by atoms with Crippen LogP contribution in [0.4, 0.5) is 34.6 Å². The van der Waals surface area contributed by atoms with Gasteiger partial charge in [-0.05, 0) is 36.4 Å². The zero-order valence-electron chi connectivity index (χ0n) is 9.93. The Hall–Kier alpha value is -1.95. The highest BCUT2D eigenvalue weighted by Gasteiger charge is 2.33. The molecule has 0 radical (unpaired) electrons. The van der Waals surface area contributed by atoms with Crippen molar-refractivity contribution in [2.75, 3.05) is 11.1 Å². The molecular weight excluding hydrogens is 296 g/mol. The van der Waals surface area contributed by atoms with Crippen molar-refractivity contribution in [2.24, 2.45) is 0 Å². The van der Waals surface area contributed by atoms with Gasteiger partial charge in [0.2, 0.25) is 0 Å². The first-order valence-electron chi connectivity index (χ1n) is 5.46. The van der Waals surface area contributed by atoms with E-state index in [4.69, 9.17) is 17.3 Å². The molecule has 0 unspecified atom stereocenters. The van der Waals surface area contributed by atoms with Crippen LogP contribution in [0.1, 0.15) is 5.56 Å². The molecule has 0 aliphatic rings. The summed E-state index contributed by atoms with van der Waals surface area (Å²) in [5.74, 6) is -0.533. The van der Waals surface area contributed by atoms with Gasteiger partial charge in [0, 0.05) is 11.4 Å². The molecule has 0 aliphatic heterocycles. The van der Waals surface area contributed by atoms with Gasteiger partial charge in [-0.3, -0.25) is 0 Å². The summed E-state index contributed by atoms with van der Waals surface area (Å²) in [6.45, 7) is 0. The Morgan fingerprint density at radius 3 is 2.35 bits per heavy atom. The molecule has 106 valence electrons. The van der Waals surface area contributed by atoms with Crippen LogP contribution in [0, 0.1) is 5.82 Å². The molecule has 0 saturated heterocycles. The van der Waals surface area contributed by atoms with Crippen LogP contribution in [0.25, 0.3) is 0 Å². The van der Waals surface area contributed by atoms with Gasteiger partial charge in [-0.15, -0.1) is 0 Å². The van der Waals surface area contributed by atoms with Crippen molar-refractivity contribution in [3.05, 3.63) is 52.8 Å². The molecule has 2 rings (SSSR count). The number of anilines is 3. The highest BCUT2D eigenvalue weighted by molar-refractivity contribution is 6.33. The third-order valence-corrected chi connectivity index (χ3v) is 2.88. The van der Waals surface area contributed by atoms with E-state index in [1.165, 1.54) is 12.1 Å². The van der Waals surface area contributed by atoms with E-state index in [9.17, 15) is 17.6 Å². The number of hydrogen-bond donors (Lipinski definition) is 2. The van der Waals surface area contributed by atoms with E-state index in [1.54, 1.807) is 0 Å². The van der Waals surface area contributed by atoms with Crippen molar-refractivity contribution < 1.29 is 17.6 Å². The molecule has 3 N–H and O–H groups in total. The van der Waals surface area contributed by atoms with Crippen LogP contribution in [0.15, 0.2) is 36.4 Å². The Morgan fingerprint density at radius 2 is 1.75 bits per heavy atom. The van der Waals surface area contributed by atoms with Crippen LogP contribution in [0.2, 0.25) is 5.02 Å². The second-order valence-corrected chi connectivity index (χ2v) is 4.46. The van der Waals surface area contributed by atoms with E-state index in [0.29, 0.717) is 5.69 Å². The Labute approximate surface area is 117 Å². The lowest BCUT2D eigenvalue weighted by atomic mass is 10.1. The van der Waals surface area contributed by atoms with E-state index < -0.39 is 17.6 Å². The van der Waals surface area contributed by atoms with Crippen LogP contribution in [-0.4, -0.2) is 0 Å². The molecule has 2 nitrogen and oxygen atoms in total. The van der Waals surface area contributed by atoms with Crippen molar-refractivity contribution in [1.29, 1.82) is 0 Å². The fraction of sp³-hybridized carbons (Fsp3) is 0.0769. The maximum atomic E-state index is 12.9. The molecular formula is C13H9ClF4N2. The molecule has 0 saturated carbocycles. The third-order valence-electron chi connectivity index (χ3n) is 2.57. The summed E-state index contributed by atoms with van der Waals surface area (Å²) in [4.78, 5) is 0. The van der Waals surface area contributed by atoms with Gasteiger partial charge < -0.3 is 11.1 Å². The maximum Gasteiger partial charge on any atom is 0.418 e. The standard InChI is InChI=1S/C13H9ClF4N2/c14-10-5-7(15)1-4-12(10)20-8-2-3-11(19)9(6-8)13(16,17)18/h1-6,20H,19H2. The monoisotopic (exact) mass is 304 g/mol. The highest BCUT2D eigenvalue weighted by Crippen LogP contribution is 2.36. The zero-order valence-corrected chi connectivity index (χ0v) is 10.7. The molecule has 0 aromatic heterocycles. The van der Waals surface area contributed by atoms with Crippen LogP contribution < -0.4 is 11.1 Å². The number of alkyl halides is 3. The first-order chi connectivity index (χ1) is 9.27. The number of nitrogens with two attached hydrogens (primary N) is 1. The minimum atomic E-state index is -4.55. The maximum absolute atomic E-state index is 12.9. The summed E-state index contributed by atoms with van der Waals surface area (Å²) in [5, 5.41) is 2.75. The first-order valence-corrected chi connectivity index (χ1v) is 5.84. The molecule has 0 fully saturated rings. The van der Waals surface area contributed by atoms with Gasteiger partial charge in [0.15, 0.2) is 0 Å². The van der Waals surface area contributed by atoms with Crippen molar-refractivity contribution in [3.63, 3.8) is 0 Å². The number of benzene rings is 2. The summed E-state index contributed by atoms with van der Waals surface area (Å²) in [6, 6.07) is 6.94. The summed E-state index contributed by atoms with van der Waals surface area (Å²) >= 11 is 5.79. The molecule has 0 heterocycles. The molecule has 2 aromatic carbocycles. The highest BCUT2D eigenvalue weighted by atomic mass is 35.5. The smallest absolute Gasteiger partial charge is 0.398 e. The number of nitrogen functional groups attached to an aromatic ring is 1. The Balaban J connectivity index is 2.35. The van der Waals surface area contributed by atoms with Crippen molar-refractivity contribution in [3.8, 4) is 0 Å².